The number of alkyl halides is 3. The zero-order valence-electron chi connectivity index (χ0n) is 7.01. The molecule has 4 nitrogen and oxygen atoms in total. The highest BCUT2D eigenvalue weighted by Crippen LogP contribution is 2.17. The van der Waals surface area contributed by atoms with Gasteiger partial charge in [-0.2, -0.15) is 18.2 Å². The van der Waals surface area contributed by atoms with E-state index >= 15 is 0 Å². The molecule has 0 saturated heterocycles. The van der Waals surface area contributed by atoms with Gasteiger partial charge in [0, 0.05) is 6.92 Å². The van der Waals surface area contributed by atoms with Crippen LogP contribution in [0.15, 0.2) is 0 Å². The third-order valence-electron chi connectivity index (χ3n) is 1.06. The maximum absolute atomic E-state index is 11.6. The first-order valence-corrected chi connectivity index (χ1v) is 3.36. The van der Waals surface area contributed by atoms with Gasteiger partial charge in [0.2, 0.25) is 0 Å². The molecule has 0 heterocycles. The van der Waals surface area contributed by atoms with Crippen molar-refractivity contribution >= 4 is 11.9 Å². The summed E-state index contributed by atoms with van der Waals surface area (Å²) in [5.74, 6) is -3.16. The zero-order chi connectivity index (χ0) is 10.6. The lowest BCUT2D eigenvalue weighted by atomic mass is 10.6. The van der Waals surface area contributed by atoms with E-state index in [0.29, 0.717) is 5.06 Å². The average Bonchev–Trinajstić information content (AvgIpc) is 1.96. The van der Waals surface area contributed by atoms with Gasteiger partial charge in [0.25, 0.3) is 5.91 Å². The molecule has 0 N–H and O–H groups in total. The predicted octanol–water partition coefficient (Wildman–Crippen LogP) is 0.875. The Morgan fingerprint density at radius 3 is 2.08 bits per heavy atom. The normalized spacial score (nSPS) is 10.8. The van der Waals surface area contributed by atoms with Gasteiger partial charge in [0.05, 0.1) is 6.54 Å². The van der Waals surface area contributed by atoms with Crippen molar-refractivity contribution in [2.45, 2.75) is 20.0 Å². The largest absolute Gasteiger partial charge is 0.493 e. The highest BCUT2D eigenvalue weighted by molar-refractivity contribution is 5.79. The van der Waals surface area contributed by atoms with E-state index in [1.165, 1.54) is 6.92 Å². The number of hydrogen-bond donors (Lipinski definition) is 0. The third kappa shape index (κ3) is 3.77. The average molecular weight is 199 g/mol. The quantitative estimate of drug-likeness (QED) is 0.589. The molecule has 0 radical (unpaired) electrons. The summed E-state index contributed by atoms with van der Waals surface area (Å²) < 4.78 is 34.8. The molecule has 0 aromatic heterocycles. The van der Waals surface area contributed by atoms with Gasteiger partial charge in [-0.3, -0.25) is 4.79 Å². The summed E-state index contributed by atoms with van der Waals surface area (Å²) in [6.07, 6.45) is -5.08. The Hall–Kier alpha value is -1.27. The number of rotatable bonds is 1. The van der Waals surface area contributed by atoms with Crippen LogP contribution in [0.2, 0.25) is 0 Å². The molecule has 0 aliphatic carbocycles. The highest BCUT2D eigenvalue weighted by Gasteiger charge is 2.42. The molecule has 0 fully saturated rings. The highest BCUT2D eigenvalue weighted by atomic mass is 19.4. The van der Waals surface area contributed by atoms with Gasteiger partial charge in [-0.05, 0) is 6.92 Å². The van der Waals surface area contributed by atoms with Crippen LogP contribution in [-0.2, 0) is 14.4 Å². The van der Waals surface area contributed by atoms with Gasteiger partial charge < -0.3 is 4.84 Å². The summed E-state index contributed by atoms with van der Waals surface area (Å²) in [6.45, 7) is 2.25. The minimum absolute atomic E-state index is 0.128. The van der Waals surface area contributed by atoms with Crippen molar-refractivity contribution < 1.29 is 27.6 Å². The number of amides is 1. The Morgan fingerprint density at radius 2 is 1.85 bits per heavy atom. The Bertz CT molecular complexity index is 214. The first-order valence-electron chi connectivity index (χ1n) is 3.36. The van der Waals surface area contributed by atoms with Gasteiger partial charge >= 0.3 is 12.1 Å². The molecule has 0 aliphatic rings. The Balaban J connectivity index is 4.26. The molecule has 0 bridgehead atoms. The van der Waals surface area contributed by atoms with Crippen LogP contribution in [0.3, 0.4) is 0 Å². The van der Waals surface area contributed by atoms with E-state index in [1.54, 1.807) is 0 Å². The smallest absolute Gasteiger partial charge is 0.330 e. The lowest BCUT2D eigenvalue weighted by Crippen LogP contribution is -2.37. The van der Waals surface area contributed by atoms with Crippen molar-refractivity contribution in [1.82, 2.24) is 5.06 Å². The number of hydrogen-bond acceptors (Lipinski definition) is 3. The number of carbonyl (C=O) groups is 2. The van der Waals surface area contributed by atoms with Gasteiger partial charge in [0.15, 0.2) is 0 Å². The predicted molar refractivity (Wildman–Crippen MR) is 35.2 cm³/mol. The first-order chi connectivity index (χ1) is 5.79. The van der Waals surface area contributed by atoms with Crippen LogP contribution in [0.25, 0.3) is 0 Å². The minimum atomic E-state index is -5.08. The van der Waals surface area contributed by atoms with Crippen LogP contribution < -0.4 is 0 Å². The molecule has 0 aliphatic heterocycles. The molecule has 0 spiro atoms. The first kappa shape index (κ1) is 11.7. The van der Waals surface area contributed by atoms with Crippen LogP contribution in [0.1, 0.15) is 13.8 Å². The Labute approximate surface area is 72.2 Å². The van der Waals surface area contributed by atoms with E-state index < -0.39 is 18.1 Å². The summed E-state index contributed by atoms with van der Waals surface area (Å²) in [4.78, 5) is 24.5. The van der Waals surface area contributed by atoms with Crippen LogP contribution in [0.4, 0.5) is 13.2 Å². The van der Waals surface area contributed by atoms with E-state index in [4.69, 9.17) is 0 Å². The standard InChI is InChI=1S/C6H8F3NO3/c1-3-10(4(2)11)13-5(12)6(7,8)9/h3H2,1-2H3. The van der Waals surface area contributed by atoms with E-state index in [2.05, 4.69) is 4.84 Å². The molecular formula is C6H8F3NO3. The van der Waals surface area contributed by atoms with Crippen molar-refractivity contribution in [2.24, 2.45) is 0 Å². The maximum atomic E-state index is 11.6. The number of nitrogens with zero attached hydrogens (tertiary/aromatic N) is 1. The van der Waals surface area contributed by atoms with Crippen LogP contribution in [-0.4, -0.2) is 29.7 Å². The van der Waals surface area contributed by atoms with E-state index in [9.17, 15) is 22.8 Å². The van der Waals surface area contributed by atoms with Gasteiger partial charge in [-0.25, -0.2) is 4.79 Å². The fourth-order valence-corrected chi connectivity index (χ4v) is 0.503. The summed E-state index contributed by atoms with van der Waals surface area (Å²) in [7, 11) is 0. The summed E-state index contributed by atoms with van der Waals surface area (Å²) in [5.41, 5.74) is 0. The Kier molecular flexibility index (Phi) is 3.70. The molecule has 0 aromatic carbocycles. The summed E-state index contributed by atoms with van der Waals surface area (Å²) >= 11 is 0. The van der Waals surface area contributed by atoms with E-state index in [1.807, 2.05) is 0 Å². The van der Waals surface area contributed by atoms with Crippen molar-refractivity contribution in [3.63, 3.8) is 0 Å². The van der Waals surface area contributed by atoms with E-state index in [0.717, 1.165) is 6.92 Å². The van der Waals surface area contributed by atoms with Crippen molar-refractivity contribution in [2.75, 3.05) is 6.54 Å². The molecule has 0 saturated carbocycles. The molecule has 76 valence electrons. The number of hydroxylamine groups is 2. The number of carbonyl (C=O) groups excluding carboxylic acids is 2. The van der Waals surface area contributed by atoms with Gasteiger partial charge in [-0.1, -0.05) is 0 Å². The molecule has 0 atom stereocenters. The maximum Gasteiger partial charge on any atom is 0.493 e. The molecule has 13 heavy (non-hydrogen) atoms. The molecule has 1 amide bonds. The van der Waals surface area contributed by atoms with Gasteiger partial charge in [0.1, 0.15) is 0 Å². The third-order valence-corrected chi connectivity index (χ3v) is 1.06. The second-order valence-electron chi connectivity index (χ2n) is 2.09. The lowest BCUT2D eigenvalue weighted by molar-refractivity contribution is -0.235. The number of halogens is 3. The SMILES string of the molecule is CCN(OC(=O)C(F)(F)F)C(C)=O. The monoisotopic (exact) mass is 199 g/mol. The molecular weight excluding hydrogens is 191 g/mol. The van der Waals surface area contributed by atoms with Crippen molar-refractivity contribution in [3.8, 4) is 0 Å². The lowest BCUT2D eigenvalue weighted by Gasteiger charge is -2.17. The molecule has 0 aromatic rings. The van der Waals surface area contributed by atoms with Crippen LogP contribution >= 0.6 is 0 Å². The van der Waals surface area contributed by atoms with Crippen molar-refractivity contribution in [3.05, 3.63) is 0 Å². The Morgan fingerprint density at radius 1 is 1.38 bits per heavy atom. The summed E-state index contributed by atoms with van der Waals surface area (Å²) in [6, 6.07) is 0. The molecule has 7 heteroatoms. The fourth-order valence-electron chi connectivity index (χ4n) is 0.503. The van der Waals surface area contributed by atoms with Gasteiger partial charge in [-0.15, -0.1) is 0 Å². The second kappa shape index (κ2) is 4.11. The molecule has 0 rings (SSSR count). The van der Waals surface area contributed by atoms with Crippen molar-refractivity contribution in [1.29, 1.82) is 0 Å². The molecule has 0 unspecified atom stereocenters. The second-order valence-corrected chi connectivity index (χ2v) is 2.09. The van der Waals surface area contributed by atoms with Crippen LogP contribution in [0, 0.1) is 0 Å². The van der Waals surface area contributed by atoms with Crippen LogP contribution in [0.5, 0.6) is 0 Å². The zero-order valence-corrected chi connectivity index (χ0v) is 7.01. The topological polar surface area (TPSA) is 46.6 Å². The summed E-state index contributed by atoms with van der Waals surface area (Å²) in [5, 5.41) is 0.329. The minimum Gasteiger partial charge on any atom is -0.330 e. The van der Waals surface area contributed by atoms with E-state index in [-0.39, 0.29) is 6.54 Å². The fraction of sp³-hybridized carbons (Fsp3) is 0.667.